The van der Waals surface area contributed by atoms with E-state index in [2.05, 4.69) is 30.4 Å². The number of pyridine rings is 1. The van der Waals surface area contributed by atoms with Gasteiger partial charge >= 0.3 is 0 Å². The minimum atomic E-state index is -2.93. The van der Waals surface area contributed by atoms with Crippen molar-refractivity contribution in [3.05, 3.63) is 114 Å². The van der Waals surface area contributed by atoms with Crippen molar-refractivity contribution in [1.29, 1.82) is 0 Å². The van der Waals surface area contributed by atoms with Gasteiger partial charge in [0, 0.05) is 42.5 Å². The van der Waals surface area contributed by atoms with E-state index in [-0.39, 0.29) is 17.4 Å². The smallest absolute Gasteiger partial charge is 0.255 e. The summed E-state index contributed by atoms with van der Waals surface area (Å²) in [7, 11) is -2.93. The number of carbonyl (C=O) groups is 1. The third-order valence-corrected chi connectivity index (χ3v) is 8.72. The minimum absolute atomic E-state index is 0.173. The van der Waals surface area contributed by atoms with Gasteiger partial charge in [-0.3, -0.25) is 14.8 Å². The van der Waals surface area contributed by atoms with E-state index < -0.39 is 9.84 Å². The van der Waals surface area contributed by atoms with Crippen molar-refractivity contribution in [3.8, 4) is 28.8 Å². The first-order valence-corrected chi connectivity index (χ1v) is 15.7. The van der Waals surface area contributed by atoms with Crippen LogP contribution in [0.4, 0.5) is 5.69 Å². The van der Waals surface area contributed by atoms with Crippen LogP contribution in [-0.4, -0.2) is 64.0 Å². The van der Waals surface area contributed by atoms with Gasteiger partial charge in [-0.15, -0.1) is 0 Å². The van der Waals surface area contributed by atoms with Gasteiger partial charge < -0.3 is 10.1 Å². The third-order valence-electron chi connectivity index (χ3n) is 7.11. The normalized spacial score (nSPS) is 14.7. The number of sulfone groups is 1. The van der Waals surface area contributed by atoms with Crippen LogP contribution in [0, 0.1) is 0 Å². The number of hydrogen-bond acceptors (Lipinski definition) is 8. The van der Waals surface area contributed by atoms with Gasteiger partial charge in [-0.25, -0.2) is 18.4 Å². The van der Waals surface area contributed by atoms with E-state index in [1.54, 1.807) is 24.3 Å². The highest BCUT2D eigenvalue weighted by Gasteiger charge is 2.21. The fourth-order valence-corrected chi connectivity index (χ4v) is 6.02. The van der Waals surface area contributed by atoms with Crippen molar-refractivity contribution in [2.24, 2.45) is 0 Å². The molecule has 0 radical (unpaired) electrons. The number of aromatic amines is 1. The lowest BCUT2D eigenvalue weighted by Crippen LogP contribution is -2.39. The van der Waals surface area contributed by atoms with Crippen LogP contribution >= 0.6 is 0 Å². The lowest BCUT2D eigenvalue weighted by molar-refractivity contribution is 0.102. The van der Waals surface area contributed by atoms with Gasteiger partial charge in [-0.2, -0.15) is 5.10 Å². The standard InChI is InChI=1S/C32H30N6O4S/c39-32(26-9-4-8-24(20-26)21-38-16-18-43(40,41)19-17-38)33-27-14-12-25(13-15-27)30-35-31(37-36-30)28-10-5-11-29(34-28)42-22-23-6-2-1-3-7-23/h1-15,20H,16-19,21-22H2,(H,33,39)(H,35,36,37). The summed E-state index contributed by atoms with van der Waals surface area (Å²) in [6.45, 7) is 2.03. The van der Waals surface area contributed by atoms with Crippen molar-refractivity contribution in [1.82, 2.24) is 25.1 Å². The van der Waals surface area contributed by atoms with E-state index in [1.165, 1.54) is 0 Å². The molecule has 0 aliphatic carbocycles. The Kier molecular flexibility index (Phi) is 8.25. The number of carbonyl (C=O) groups excluding carboxylic acids is 1. The van der Waals surface area contributed by atoms with Crippen molar-refractivity contribution >= 4 is 21.4 Å². The summed E-state index contributed by atoms with van der Waals surface area (Å²) >= 11 is 0. The number of rotatable bonds is 9. The Balaban J connectivity index is 1.07. The molecule has 1 saturated heterocycles. The van der Waals surface area contributed by atoms with E-state index in [0.29, 0.717) is 60.7 Å². The first-order valence-electron chi connectivity index (χ1n) is 13.9. The van der Waals surface area contributed by atoms with Crippen LogP contribution in [-0.2, 0) is 23.0 Å². The van der Waals surface area contributed by atoms with Gasteiger partial charge in [0.1, 0.15) is 12.3 Å². The Labute approximate surface area is 249 Å². The Hall–Kier alpha value is -4.87. The Bertz CT molecular complexity index is 1810. The molecule has 1 aliphatic rings. The third kappa shape index (κ3) is 7.32. The number of nitrogens with zero attached hydrogens (tertiary/aromatic N) is 4. The number of aromatic nitrogens is 4. The van der Waals surface area contributed by atoms with Gasteiger partial charge in [0.05, 0.1) is 11.5 Å². The zero-order valence-corrected chi connectivity index (χ0v) is 24.1. The van der Waals surface area contributed by atoms with Gasteiger partial charge in [0.2, 0.25) is 5.88 Å². The molecule has 3 heterocycles. The lowest BCUT2D eigenvalue weighted by Gasteiger charge is -2.26. The maximum Gasteiger partial charge on any atom is 0.255 e. The topological polar surface area (TPSA) is 130 Å². The molecular weight excluding hydrogens is 564 g/mol. The zero-order chi connectivity index (χ0) is 29.6. The fraction of sp³-hybridized carbons (Fsp3) is 0.188. The molecule has 0 saturated carbocycles. The number of anilines is 1. The zero-order valence-electron chi connectivity index (χ0n) is 23.3. The predicted octanol–water partition coefficient (Wildman–Crippen LogP) is 4.60. The molecule has 3 aromatic carbocycles. The van der Waals surface area contributed by atoms with E-state index >= 15 is 0 Å². The highest BCUT2D eigenvalue weighted by Crippen LogP contribution is 2.23. The van der Waals surface area contributed by atoms with Crippen LogP contribution in [0.15, 0.2) is 97.1 Å². The summed E-state index contributed by atoms with van der Waals surface area (Å²) in [5, 5.41) is 10.2. The van der Waals surface area contributed by atoms with Crippen LogP contribution in [0.2, 0.25) is 0 Å². The molecule has 0 unspecified atom stereocenters. The highest BCUT2D eigenvalue weighted by molar-refractivity contribution is 7.91. The highest BCUT2D eigenvalue weighted by atomic mass is 32.2. The molecule has 1 amide bonds. The van der Waals surface area contributed by atoms with Crippen LogP contribution in [0.25, 0.3) is 22.9 Å². The summed E-state index contributed by atoms with van der Waals surface area (Å²) in [4.78, 5) is 24.2. The second-order valence-electron chi connectivity index (χ2n) is 10.3. The fourth-order valence-electron chi connectivity index (χ4n) is 4.75. The molecule has 11 heteroatoms. The molecule has 43 heavy (non-hydrogen) atoms. The average Bonchev–Trinajstić information content (AvgIpc) is 3.53. The molecule has 2 aromatic heterocycles. The number of nitrogens with one attached hydrogen (secondary N) is 2. The van der Waals surface area contributed by atoms with Crippen LogP contribution < -0.4 is 10.1 Å². The van der Waals surface area contributed by atoms with Crippen LogP contribution in [0.5, 0.6) is 5.88 Å². The van der Waals surface area contributed by atoms with E-state index in [9.17, 15) is 13.2 Å². The molecule has 218 valence electrons. The minimum Gasteiger partial charge on any atom is -0.473 e. The summed E-state index contributed by atoms with van der Waals surface area (Å²) in [6.07, 6.45) is 0. The molecule has 0 atom stereocenters. The number of hydrogen-bond donors (Lipinski definition) is 2. The summed E-state index contributed by atoms with van der Waals surface area (Å²) in [5.74, 6) is 1.63. The molecule has 2 N–H and O–H groups in total. The monoisotopic (exact) mass is 594 g/mol. The molecule has 1 fully saturated rings. The largest absolute Gasteiger partial charge is 0.473 e. The van der Waals surface area contributed by atoms with Crippen molar-refractivity contribution < 1.29 is 17.9 Å². The second-order valence-corrected chi connectivity index (χ2v) is 12.6. The SMILES string of the molecule is O=C(Nc1ccc(-c2n[nH]c(-c3cccc(OCc4ccccc4)n3)n2)cc1)c1cccc(CN2CCS(=O)(=O)CC2)c1. The molecule has 10 nitrogen and oxygen atoms in total. The van der Waals surface area contributed by atoms with Gasteiger partial charge in [-0.1, -0.05) is 48.5 Å². The first kappa shape index (κ1) is 28.3. The number of ether oxygens (including phenoxy) is 1. The van der Waals surface area contributed by atoms with Crippen molar-refractivity contribution in [2.45, 2.75) is 13.2 Å². The maximum absolute atomic E-state index is 13.0. The molecule has 0 bridgehead atoms. The number of H-pyrrole nitrogens is 1. The molecule has 6 rings (SSSR count). The lowest BCUT2D eigenvalue weighted by atomic mass is 10.1. The predicted molar refractivity (Wildman–Crippen MR) is 164 cm³/mol. The maximum atomic E-state index is 13.0. The van der Waals surface area contributed by atoms with E-state index in [1.807, 2.05) is 72.8 Å². The Morgan fingerprint density at radius 3 is 2.40 bits per heavy atom. The summed E-state index contributed by atoms with van der Waals surface area (Å²) in [6, 6.07) is 30.1. The van der Waals surface area contributed by atoms with Crippen molar-refractivity contribution in [3.63, 3.8) is 0 Å². The van der Waals surface area contributed by atoms with Gasteiger partial charge in [0.15, 0.2) is 21.5 Å². The Morgan fingerprint density at radius 1 is 0.860 bits per heavy atom. The summed E-state index contributed by atoms with van der Waals surface area (Å²) in [5.41, 5.74) is 4.58. The van der Waals surface area contributed by atoms with Crippen LogP contribution in [0.3, 0.4) is 0 Å². The van der Waals surface area contributed by atoms with E-state index in [4.69, 9.17) is 4.74 Å². The van der Waals surface area contributed by atoms with E-state index in [0.717, 1.165) is 16.7 Å². The molecule has 0 spiro atoms. The summed E-state index contributed by atoms with van der Waals surface area (Å²) < 4.78 is 29.2. The van der Waals surface area contributed by atoms with Crippen molar-refractivity contribution in [2.75, 3.05) is 29.9 Å². The quantitative estimate of drug-likeness (QED) is 0.253. The molecule has 5 aromatic rings. The Morgan fingerprint density at radius 2 is 1.60 bits per heavy atom. The first-order chi connectivity index (χ1) is 20.9. The van der Waals surface area contributed by atoms with Gasteiger partial charge in [-0.05, 0) is 53.6 Å². The van der Waals surface area contributed by atoms with Crippen LogP contribution in [0.1, 0.15) is 21.5 Å². The number of benzene rings is 3. The van der Waals surface area contributed by atoms with Gasteiger partial charge in [0.25, 0.3) is 5.91 Å². The average molecular weight is 595 g/mol. The second kappa shape index (κ2) is 12.6. The molecular formula is C32H30N6O4S. The molecule has 1 aliphatic heterocycles. The number of amides is 1.